The number of rotatable bonds is 3. The molecule has 4 heterocycles. The molecule has 30 heavy (non-hydrogen) atoms. The van der Waals surface area contributed by atoms with Gasteiger partial charge in [-0.25, -0.2) is 15.0 Å². The predicted octanol–water partition coefficient (Wildman–Crippen LogP) is 4.17. The number of para-hydroxylation sites is 2. The molecule has 6 nitrogen and oxygen atoms in total. The summed E-state index contributed by atoms with van der Waals surface area (Å²) in [5, 5.41) is 2.64. The van der Waals surface area contributed by atoms with Crippen LogP contribution in [-0.4, -0.2) is 38.3 Å². The normalized spacial score (nSPS) is 18.3. The quantitative estimate of drug-likeness (QED) is 0.491. The molecule has 150 valence electrons. The number of carbonyl (C=O) groups excluding carboxylic acids is 1. The Balaban J connectivity index is 1.61. The van der Waals surface area contributed by atoms with Crippen LogP contribution in [0.2, 0.25) is 0 Å². The second kappa shape index (κ2) is 8.12. The molecule has 2 aromatic heterocycles. The van der Waals surface area contributed by atoms with Crippen molar-refractivity contribution in [3.8, 4) is 11.4 Å². The minimum atomic E-state index is -0.184. The van der Waals surface area contributed by atoms with Crippen LogP contribution in [0.3, 0.4) is 0 Å². The van der Waals surface area contributed by atoms with Gasteiger partial charge in [0.2, 0.25) is 0 Å². The van der Waals surface area contributed by atoms with Gasteiger partial charge in [0.1, 0.15) is 10.0 Å². The van der Waals surface area contributed by atoms with Crippen LogP contribution in [0.4, 0.5) is 5.82 Å². The van der Waals surface area contributed by atoms with Gasteiger partial charge in [-0.15, -0.1) is 0 Å². The van der Waals surface area contributed by atoms with E-state index in [1.807, 2.05) is 42.5 Å². The zero-order chi connectivity index (χ0) is 20.5. The van der Waals surface area contributed by atoms with Crippen LogP contribution in [-0.2, 0) is 4.79 Å². The van der Waals surface area contributed by atoms with Crippen LogP contribution in [0.25, 0.3) is 28.5 Å². The van der Waals surface area contributed by atoms with Gasteiger partial charge >= 0.3 is 0 Å². The van der Waals surface area contributed by atoms with Crippen molar-refractivity contribution in [2.45, 2.75) is 19.3 Å². The number of hydrogen-bond donors (Lipinski definition) is 1. The monoisotopic (exact) mass is 433 g/mol. The number of nitrogens with zero attached hydrogens (tertiary/aromatic N) is 4. The first kappa shape index (κ1) is 19.1. The summed E-state index contributed by atoms with van der Waals surface area (Å²) in [5.74, 6) is 0.691. The van der Waals surface area contributed by atoms with Gasteiger partial charge in [-0.1, -0.05) is 42.2 Å². The third-order valence-corrected chi connectivity index (χ3v) is 6.30. The van der Waals surface area contributed by atoms with Crippen molar-refractivity contribution < 1.29 is 4.79 Å². The Morgan fingerprint density at radius 3 is 2.47 bits per heavy atom. The van der Waals surface area contributed by atoms with Crippen LogP contribution < -0.4 is 10.2 Å². The molecule has 2 aliphatic rings. The number of nitrogens with one attached hydrogen (secondary N) is 1. The molecule has 2 aliphatic heterocycles. The molecule has 2 saturated heterocycles. The van der Waals surface area contributed by atoms with E-state index in [1.165, 1.54) is 18.2 Å². The van der Waals surface area contributed by atoms with Gasteiger partial charge in [-0.2, -0.15) is 0 Å². The number of carbonyl (C=O) groups is 1. The van der Waals surface area contributed by atoms with Crippen molar-refractivity contribution >= 4 is 57.1 Å². The first-order chi connectivity index (χ1) is 14.7. The van der Waals surface area contributed by atoms with Crippen molar-refractivity contribution in [2.24, 2.45) is 0 Å². The van der Waals surface area contributed by atoms with Gasteiger partial charge in [0.05, 0.1) is 27.3 Å². The van der Waals surface area contributed by atoms with Crippen molar-refractivity contribution in [3.63, 3.8) is 0 Å². The van der Waals surface area contributed by atoms with Crippen molar-refractivity contribution in [2.75, 3.05) is 18.0 Å². The summed E-state index contributed by atoms with van der Waals surface area (Å²) in [6.07, 6.45) is 5.31. The molecule has 2 fully saturated rings. The van der Waals surface area contributed by atoms with Crippen LogP contribution in [0.15, 0.2) is 47.4 Å². The van der Waals surface area contributed by atoms with Crippen molar-refractivity contribution in [1.29, 1.82) is 0 Å². The van der Waals surface area contributed by atoms with Crippen LogP contribution >= 0.6 is 24.0 Å². The molecule has 8 heteroatoms. The van der Waals surface area contributed by atoms with Crippen molar-refractivity contribution in [1.82, 2.24) is 20.3 Å². The average molecular weight is 434 g/mol. The second-order valence-electron chi connectivity index (χ2n) is 7.23. The van der Waals surface area contributed by atoms with Gasteiger partial charge in [0.15, 0.2) is 5.82 Å². The summed E-state index contributed by atoms with van der Waals surface area (Å²) in [6.45, 7) is 1.94. The van der Waals surface area contributed by atoms with E-state index in [0.717, 1.165) is 54.2 Å². The number of piperidine rings is 1. The minimum absolute atomic E-state index is 0.184. The third-order valence-electron chi connectivity index (χ3n) is 5.14. The average Bonchev–Trinajstić information content (AvgIpc) is 3.10. The molecule has 1 N–H and O–H groups in total. The highest BCUT2D eigenvalue weighted by molar-refractivity contribution is 8.26. The Labute approximate surface area is 183 Å². The molecule has 0 radical (unpaired) electrons. The highest BCUT2D eigenvalue weighted by Gasteiger charge is 2.23. The lowest BCUT2D eigenvalue weighted by atomic mass is 10.1. The first-order valence-corrected chi connectivity index (χ1v) is 11.1. The number of aromatic nitrogens is 3. The van der Waals surface area contributed by atoms with E-state index in [2.05, 4.69) is 10.2 Å². The van der Waals surface area contributed by atoms with E-state index in [4.69, 9.17) is 27.2 Å². The molecule has 0 saturated carbocycles. The van der Waals surface area contributed by atoms with Crippen LogP contribution in [0.5, 0.6) is 0 Å². The zero-order valence-corrected chi connectivity index (χ0v) is 17.8. The van der Waals surface area contributed by atoms with Crippen LogP contribution in [0, 0.1) is 0 Å². The Morgan fingerprint density at radius 2 is 1.73 bits per heavy atom. The highest BCUT2D eigenvalue weighted by atomic mass is 32.2. The Bertz CT molecular complexity index is 1190. The fraction of sp³-hybridized carbons (Fsp3) is 0.227. The maximum atomic E-state index is 12.0. The Kier molecular flexibility index (Phi) is 5.18. The second-order valence-corrected chi connectivity index (χ2v) is 8.95. The van der Waals surface area contributed by atoms with Crippen LogP contribution in [0.1, 0.15) is 25.0 Å². The fourth-order valence-electron chi connectivity index (χ4n) is 3.71. The molecule has 0 unspecified atom stereocenters. The van der Waals surface area contributed by atoms with Crippen molar-refractivity contribution in [3.05, 3.63) is 53.1 Å². The lowest BCUT2D eigenvalue weighted by Crippen LogP contribution is -2.31. The summed E-state index contributed by atoms with van der Waals surface area (Å²) < 4.78 is 0.468. The fourth-order valence-corrected chi connectivity index (χ4v) is 4.74. The van der Waals surface area contributed by atoms with E-state index in [0.29, 0.717) is 14.9 Å². The maximum absolute atomic E-state index is 12.0. The SMILES string of the molecule is O=C1NC(=S)SC1=Cc1cccc(-c2nc3ccccc3nc2N2CCCCC2)n1. The van der Waals surface area contributed by atoms with E-state index in [9.17, 15) is 4.79 Å². The Morgan fingerprint density at radius 1 is 0.967 bits per heavy atom. The van der Waals surface area contributed by atoms with E-state index >= 15 is 0 Å². The maximum Gasteiger partial charge on any atom is 0.263 e. The lowest BCUT2D eigenvalue weighted by molar-refractivity contribution is -0.115. The topological polar surface area (TPSA) is 71.0 Å². The first-order valence-electron chi connectivity index (χ1n) is 9.91. The summed E-state index contributed by atoms with van der Waals surface area (Å²) in [5.41, 5.74) is 3.93. The van der Waals surface area contributed by atoms with Gasteiger partial charge < -0.3 is 10.2 Å². The molecule has 0 atom stereocenters. The largest absolute Gasteiger partial charge is 0.355 e. The van der Waals surface area contributed by atoms with E-state index in [1.54, 1.807) is 6.08 Å². The number of fused-ring (bicyclic) bond motifs is 1. The predicted molar refractivity (Wildman–Crippen MR) is 125 cm³/mol. The number of anilines is 1. The molecule has 5 rings (SSSR count). The molecule has 1 aromatic carbocycles. The molecule has 1 amide bonds. The van der Waals surface area contributed by atoms with E-state index < -0.39 is 0 Å². The smallest absolute Gasteiger partial charge is 0.263 e. The summed E-state index contributed by atoms with van der Waals surface area (Å²) in [7, 11) is 0. The van der Waals surface area contributed by atoms with Gasteiger partial charge in [0.25, 0.3) is 5.91 Å². The molecular weight excluding hydrogens is 414 g/mol. The highest BCUT2D eigenvalue weighted by Crippen LogP contribution is 2.31. The van der Waals surface area contributed by atoms with E-state index in [-0.39, 0.29) is 5.91 Å². The van der Waals surface area contributed by atoms with Gasteiger partial charge in [0, 0.05) is 13.1 Å². The number of hydrogen-bond acceptors (Lipinski definition) is 7. The van der Waals surface area contributed by atoms with Gasteiger partial charge in [-0.05, 0) is 49.6 Å². The zero-order valence-electron chi connectivity index (χ0n) is 16.2. The van der Waals surface area contributed by atoms with Gasteiger partial charge in [-0.3, -0.25) is 4.79 Å². The number of benzene rings is 1. The third kappa shape index (κ3) is 3.80. The molecule has 0 bridgehead atoms. The summed E-state index contributed by atoms with van der Waals surface area (Å²) in [4.78, 5) is 29.5. The Hall–Kier alpha value is -2.84. The minimum Gasteiger partial charge on any atom is -0.355 e. The number of thioether (sulfide) groups is 1. The number of thiocarbonyl (C=S) groups is 1. The summed E-state index contributed by atoms with van der Waals surface area (Å²) >= 11 is 6.33. The molecule has 0 spiro atoms. The number of amides is 1. The number of pyridine rings is 1. The molecule has 0 aliphatic carbocycles. The standard InChI is InChI=1S/C22H19N5OS2/c28-21-18(30-22(29)26-21)13-14-7-6-10-17(23-14)19-20(27-11-4-1-5-12-27)25-16-9-3-2-8-15(16)24-19/h2-3,6-10,13H,1,4-5,11-12H2,(H,26,28,29). The molecule has 3 aromatic rings. The molecular formula is C22H19N5OS2. The lowest BCUT2D eigenvalue weighted by Gasteiger charge is -2.29. The summed E-state index contributed by atoms with van der Waals surface area (Å²) in [6, 6.07) is 13.7.